The summed E-state index contributed by atoms with van der Waals surface area (Å²) in [7, 11) is 0. The van der Waals surface area contributed by atoms with Crippen molar-refractivity contribution in [3.8, 4) is 16.3 Å². The number of hydrogen-bond acceptors (Lipinski definition) is 5. The largest absolute Gasteiger partial charge is 0.491 e. The van der Waals surface area contributed by atoms with Crippen LogP contribution in [0.4, 0.5) is 0 Å². The first-order chi connectivity index (χ1) is 18.2. The number of nitrogens with zero attached hydrogens (tertiary/aromatic N) is 3. The van der Waals surface area contributed by atoms with E-state index in [2.05, 4.69) is 39.9 Å². The number of aromatic nitrogens is 2. The van der Waals surface area contributed by atoms with Crippen molar-refractivity contribution in [3.63, 3.8) is 0 Å². The van der Waals surface area contributed by atoms with Gasteiger partial charge in [0.2, 0.25) is 5.91 Å². The van der Waals surface area contributed by atoms with Gasteiger partial charge in [-0.25, -0.2) is 4.98 Å². The summed E-state index contributed by atoms with van der Waals surface area (Å²) in [6.07, 6.45) is 4.17. The Morgan fingerprint density at radius 1 is 1.16 bits per heavy atom. The van der Waals surface area contributed by atoms with Crippen LogP contribution in [0.5, 0.6) is 5.75 Å². The highest BCUT2D eigenvalue weighted by molar-refractivity contribution is 7.13. The Kier molecular flexibility index (Phi) is 7.25. The zero-order valence-electron chi connectivity index (χ0n) is 22.0. The van der Waals surface area contributed by atoms with Crippen molar-refractivity contribution in [1.29, 1.82) is 0 Å². The van der Waals surface area contributed by atoms with Crippen molar-refractivity contribution < 1.29 is 19.4 Å². The molecule has 0 saturated carbocycles. The number of fused-ring (bicyclic) bond motifs is 1. The molecule has 0 unspecified atom stereocenters. The van der Waals surface area contributed by atoms with Gasteiger partial charge in [0.25, 0.3) is 0 Å². The number of amides is 1. The van der Waals surface area contributed by atoms with Crippen molar-refractivity contribution in [1.82, 2.24) is 14.5 Å². The number of benzene rings is 2. The van der Waals surface area contributed by atoms with Crippen LogP contribution in [0, 0.1) is 5.41 Å². The van der Waals surface area contributed by atoms with Gasteiger partial charge in [-0.1, -0.05) is 24.3 Å². The van der Waals surface area contributed by atoms with E-state index in [1.54, 1.807) is 38.3 Å². The lowest BCUT2D eigenvalue weighted by atomic mass is 9.88. The molecule has 0 aliphatic carbocycles. The van der Waals surface area contributed by atoms with Crippen LogP contribution in [0.25, 0.3) is 21.5 Å². The molecule has 0 spiro atoms. The summed E-state index contributed by atoms with van der Waals surface area (Å²) < 4.78 is 8.34. The van der Waals surface area contributed by atoms with E-state index in [9.17, 15) is 14.7 Å². The van der Waals surface area contributed by atoms with Crippen LogP contribution in [0.3, 0.4) is 0 Å². The topological polar surface area (TPSA) is 84.7 Å². The Morgan fingerprint density at radius 2 is 1.95 bits per heavy atom. The highest BCUT2D eigenvalue weighted by atomic mass is 32.1. The molecule has 7 nitrogen and oxygen atoms in total. The Bertz CT molecular complexity index is 1440. The molecule has 1 saturated heterocycles. The zero-order valence-corrected chi connectivity index (χ0v) is 22.8. The van der Waals surface area contributed by atoms with Gasteiger partial charge in [-0.15, -0.1) is 11.3 Å². The normalized spacial score (nSPS) is 15.8. The fourth-order valence-corrected chi connectivity index (χ4v) is 5.82. The summed E-state index contributed by atoms with van der Waals surface area (Å²) >= 11 is 1.61. The summed E-state index contributed by atoms with van der Waals surface area (Å²) in [5, 5.41) is 13.8. The zero-order chi connectivity index (χ0) is 26.9. The lowest BCUT2D eigenvalue weighted by Crippen LogP contribution is -2.37. The van der Waals surface area contributed by atoms with Gasteiger partial charge in [-0.05, 0) is 56.5 Å². The van der Waals surface area contributed by atoms with E-state index < -0.39 is 11.4 Å². The minimum absolute atomic E-state index is 0.0917. The highest BCUT2D eigenvalue weighted by Gasteiger charge is 2.30. The van der Waals surface area contributed by atoms with E-state index in [0.29, 0.717) is 19.6 Å². The first-order valence-corrected chi connectivity index (χ1v) is 13.8. The van der Waals surface area contributed by atoms with Crippen LogP contribution in [-0.2, 0) is 22.6 Å². The summed E-state index contributed by atoms with van der Waals surface area (Å²) in [4.78, 5) is 30.1. The number of aliphatic carboxylic acids is 1. The summed E-state index contributed by atoms with van der Waals surface area (Å²) in [6, 6.07) is 16.6. The van der Waals surface area contributed by atoms with E-state index in [0.717, 1.165) is 57.9 Å². The maximum absolute atomic E-state index is 11.9. The van der Waals surface area contributed by atoms with Gasteiger partial charge in [0.05, 0.1) is 11.5 Å². The van der Waals surface area contributed by atoms with Crippen LogP contribution < -0.4 is 4.74 Å². The molecular formula is C30H33N3O4S. The highest BCUT2D eigenvalue weighted by Crippen LogP contribution is 2.31. The molecule has 4 aromatic rings. The van der Waals surface area contributed by atoms with E-state index >= 15 is 0 Å². The molecule has 0 radical (unpaired) electrons. The third kappa shape index (κ3) is 5.45. The number of ether oxygens (including phenoxy) is 1. The van der Waals surface area contributed by atoms with Crippen LogP contribution in [-0.4, -0.2) is 50.6 Å². The summed E-state index contributed by atoms with van der Waals surface area (Å²) in [5.41, 5.74) is 3.30. The second-order valence-corrected chi connectivity index (χ2v) is 11.6. The van der Waals surface area contributed by atoms with Gasteiger partial charge in [-0.3, -0.25) is 9.59 Å². The predicted molar refractivity (Wildman–Crippen MR) is 150 cm³/mol. The molecule has 2 aromatic heterocycles. The average molecular weight is 532 g/mol. The maximum atomic E-state index is 11.9. The summed E-state index contributed by atoms with van der Waals surface area (Å²) in [5.74, 6) is 0.0219. The number of carbonyl (C=O) groups excluding carboxylic acids is 1. The molecule has 2 aromatic carbocycles. The molecule has 0 bridgehead atoms. The quantitative estimate of drug-likeness (QED) is 0.293. The molecule has 1 atom stereocenters. The third-order valence-electron chi connectivity index (χ3n) is 7.36. The minimum atomic E-state index is -0.904. The fraction of sp³-hybridized carbons (Fsp3) is 0.367. The predicted octanol–water partition coefficient (Wildman–Crippen LogP) is 5.86. The molecule has 38 heavy (non-hydrogen) atoms. The summed E-state index contributed by atoms with van der Waals surface area (Å²) in [6.45, 7) is 7.02. The number of carboxylic acids is 1. The van der Waals surface area contributed by atoms with Crippen molar-refractivity contribution in [2.45, 2.75) is 52.6 Å². The van der Waals surface area contributed by atoms with E-state index in [1.165, 1.54) is 0 Å². The van der Waals surface area contributed by atoms with Crippen molar-refractivity contribution in [3.05, 3.63) is 71.4 Å². The van der Waals surface area contributed by atoms with Gasteiger partial charge in [-0.2, -0.15) is 0 Å². The second kappa shape index (κ2) is 10.6. The van der Waals surface area contributed by atoms with Gasteiger partial charge in [0.15, 0.2) is 0 Å². The average Bonchev–Trinajstić information content (AvgIpc) is 3.64. The molecule has 1 amide bonds. The lowest BCUT2D eigenvalue weighted by molar-refractivity contribution is -0.146. The van der Waals surface area contributed by atoms with E-state index in [-0.39, 0.29) is 11.9 Å². The van der Waals surface area contributed by atoms with Crippen molar-refractivity contribution in [2.24, 2.45) is 5.41 Å². The molecule has 1 N–H and O–H groups in total. The minimum Gasteiger partial charge on any atom is -0.491 e. The van der Waals surface area contributed by atoms with Crippen LogP contribution in [0.1, 0.15) is 44.9 Å². The number of likely N-dealkylation sites (tertiary alicyclic amines) is 1. The molecule has 1 aliphatic rings. The molecule has 8 heteroatoms. The van der Waals surface area contributed by atoms with Gasteiger partial charge in [0, 0.05) is 60.2 Å². The monoisotopic (exact) mass is 531 g/mol. The Morgan fingerprint density at radius 3 is 2.63 bits per heavy atom. The number of carboxylic acid groups (broad SMARTS) is 1. The molecule has 198 valence electrons. The second-order valence-electron chi connectivity index (χ2n) is 10.7. The SMILES string of the molecule is CC(=O)N1CCC[C@H]1COc1ccc2c(c1)cc(CC(C)(C)C(=O)O)n2Cc1ccc(-c2nccs2)cc1. The lowest BCUT2D eigenvalue weighted by Gasteiger charge is -2.23. The maximum Gasteiger partial charge on any atom is 0.309 e. The van der Waals surface area contributed by atoms with Gasteiger partial charge in [0.1, 0.15) is 17.4 Å². The van der Waals surface area contributed by atoms with E-state index in [1.807, 2.05) is 28.5 Å². The smallest absolute Gasteiger partial charge is 0.309 e. The van der Waals surface area contributed by atoms with E-state index in [4.69, 9.17) is 4.74 Å². The molecule has 1 aliphatic heterocycles. The Hall–Kier alpha value is -3.65. The third-order valence-corrected chi connectivity index (χ3v) is 8.18. The number of carbonyl (C=O) groups is 2. The van der Waals surface area contributed by atoms with Crippen LogP contribution in [0.2, 0.25) is 0 Å². The Labute approximate surface area is 226 Å². The first kappa shape index (κ1) is 26.0. The first-order valence-electron chi connectivity index (χ1n) is 13.0. The van der Waals surface area contributed by atoms with Gasteiger partial charge < -0.3 is 19.3 Å². The van der Waals surface area contributed by atoms with Crippen LogP contribution in [0.15, 0.2) is 60.1 Å². The van der Waals surface area contributed by atoms with Crippen molar-refractivity contribution >= 4 is 34.1 Å². The fourth-order valence-electron chi connectivity index (χ4n) is 5.17. The molecule has 3 heterocycles. The molecule has 5 rings (SSSR count). The number of rotatable bonds is 9. The molecule has 1 fully saturated rings. The number of hydrogen-bond donors (Lipinski definition) is 1. The van der Waals surface area contributed by atoms with Crippen molar-refractivity contribution in [2.75, 3.05) is 13.2 Å². The van der Waals surface area contributed by atoms with Gasteiger partial charge >= 0.3 is 5.97 Å². The number of thiazole rings is 1. The molecular weight excluding hydrogens is 498 g/mol. The Balaban J connectivity index is 1.42. The van der Waals surface area contributed by atoms with Crippen LogP contribution >= 0.6 is 11.3 Å². The standard InChI is InChI=1S/C30H33N3O4S/c1-20(34)32-13-4-5-24(32)19-37-26-10-11-27-23(16-26)15-25(17-30(2,3)29(35)36)33(27)18-21-6-8-22(9-7-21)28-31-12-14-38-28/h6-12,14-16,24H,4-5,13,17-19H2,1-3H3,(H,35,36)/t24-/m0/s1.